The largest absolute Gasteiger partial charge is 0.271 e. The van der Waals surface area contributed by atoms with Gasteiger partial charge >= 0.3 is 0 Å². The lowest BCUT2D eigenvalue weighted by molar-refractivity contribution is 0.541. The Morgan fingerprint density at radius 1 is 1.10 bits per heavy atom. The second-order valence-electron chi connectivity index (χ2n) is 5.09. The molecule has 0 aliphatic rings. The van der Waals surface area contributed by atoms with Crippen LogP contribution in [0.2, 0.25) is 0 Å². The maximum atomic E-state index is 13.4. The zero-order chi connectivity index (χ0) is 14.5. The topological polar surface area (TPSA) is 38.0 Å². The molecule has 0 amide bonds. The third-order valence-corrected chi connectivity index (χ3v) is 3.69. The first-order chi connectivity index (χ1) is 9.63. The highest BCUT2D eigenvalue weighted by Gasteiger charge is 2.14. The maximum absolute atomic E-state index is 13.4. The summed E-state index contributed by atoms with van der Waals surface area (Å²) in [6, 6.07) is 13.2. The maximum Gasteiger partial charge on any atom is 0.123 e. The number of hydrogen-bond donors (Lipinski definition) is 2. The molecule has 2 aromatic carbocycles. The standard InChI is InChI=1S/C17H21FN2/c1-3-13-5-7-14(8-6-13)10-17(20-19)16-11-15(18)9-4-12(16)2/h4-9,11,17,20H,3,10,19H2,1-2H3. The molecule has 0 aromatic heterocycles. The zero-order valence-electron chi connectivity index (χ0n) is 12.0. The SMILES string of the molecule is CCc1ccc(CC(NN)c2cc(F)ccc2C)cc1. The predicted octanol–water partition coefficient (Wildman–Crippen LogP) is 3.44. The minimum absolute atomic E-state index is 0.0850. The summed E-state index contributed by atoms with van der Waals surface area (Å²) in [7, 11) is 0. The van der Waals surface area contributed by atoms with Gasteiger partial charge in [0.2, 0.25) is 0 Å². The van der Waals surface area contributed by atoms with E-state index < -0.39 is 0 Å². The highest BCUT2D eigenvalue weighted by molar-refractivity contribution is 5.32. The van der Waals surface area contributed by atoms with Gasteiger partial charge in [0.25, 0.3) is 0 Å². The lowest BCUT2D eigenvalue weighted by Gasteiger charge is -2.19. The fourth-order valence-electron chi connectivity index (χ4n) is 2.39. The molecule has 0 aliphatic heterocycles. The normalized spacial score (nSPS) is 12.4. The van der Waals surface area contributed by atoms with Crippen LogP contribution in [0.3, 0.4) is 0 Å². The molecule has 1 atom stereocenters. The van der Waals surface area contributed by atoms with E-state index >= 15 is 0 Å². The molecule has 2 nitrogen and oxygen atoms in total. The fourth-order valence-corrected chi connectivity index (χ4v) is 2.39. The van der Waals surface area contributed by atoms with Crippen molar-refractivity contribution in [2.45, 2.75) is 32.7 Å². The van der Waals surface area contributed by atoms with Crippen molar-refractivity contribution in [1.29, 1.82) is 0 Å². The van der Waals surface area contributed by atoms with Gasteiger partial charge in [-0.25, -0.2) is 4.39 Å². The van der Waals surface area contributed by atoms with E-state index in [1.807, 2.05) is 6.92 Å². The monoisotopic (exact) mass is 272 g/mol. The molecule has 0 fully saturated rings. The number of rotatable bonds is 5. The Hall–Kier alpha value is -1.71. The van der Waals surface area contributed by atoms with Gasteiger partial charge in [0.15, 0.2) is 0 Å². The fraction of sp³-hybridized carbons (Fsp3) is 0.294. The van der Waals surface area contributed by atoms with Crippen LogP contribution in [0.4, 0.5) is 4.39 Å². The van der Waals surface area contributed by atoms with Crippen LogP contribution in [-0.2, 0) is 12.8 Å². The summed E-state index contributed by atoms with van der Waals surface area (Å²) < 4.78 is 13.4. The van der Waals surface area contributed by atoms with E-state index in [0.29, 0.717) is 0 Å². The number of nitrogens with one attached hydrogen (secondary N) is 1. The van der Waals surface area contributed by atoms with Gasteiger partial charge in [-0.1, -0.05) is 37.3 Å². The summed E-state index contributed by atoms with van der Waals surface area (Å²) in [4.78, 5) is 0. The third-order valence-electron chi connectivity index (χ3n) is 3.69. The Bertz CT molecular complexity index is 564. The molecule has 0 radical (unpaired) electrons. The van der Waals surface area contributed by atoms with Crippen molar-refractivity contribution in [1.82, 2.24) is 5.43 Å². The van der Waals surface area contributed by atoms with Gasteiger partial charge in [0, 0.05) is 0 Å². The van der Waals surface area contributed by atoms with Gasteiger partial charge < -0.3 is 0 Å². The van der Waals surface area contributed by atoms with Crippen LogP contribution >= 0.6 is 0 Å². The van der Waals surface area contributed by atoms with Crippen molar-refractivity contribution in [2.75, 3.05) is 0 Å². The number of hydrogen-bond acceptors (Lipinski definition) is 2. The van der Waals surface area contributed by atoms with Crippen LogP contribution < -0.4 is 11.3 Å². The zero-order valence-corrected chi connectivity index (χ0v) is 12.0. The quantitative estimate of drug-likeness (QED) is 0.646. The Balaban J connectivity index is 2.21. The molecule has 0 bridgehead atoms. The first kappa shape index (κ1) is 14.7. The second-order valence-corrected chi connectivity index (χ2v) is 5.09. The summed E-state index contributed by atoms with van der Waals surface area (Å²) in [6.45, 7) is 4.11. The highest BCUT2D eigenvalue weighted by atomic mass is 19.1. The van der Waals surface area contributed by atoms with Crippen molar-refractivity contribution >= 4 is 0 Å². The number of aryl methyl sites for hydroxylation is 2. The average molecular weight is 272 g/mol. The molecule has 106 valence electrons. The van der Waals surface area contributed by atoms with E-state index in [1.165, 1.54) is 17.2 Å². The molecule has 0 heterocycles. The van der Waals surface area contributed by atoms with Gasteiger partial charge in [-0.3, -0.25) is 11.3 Å². The number of nitrogens with two attached hydrogens (primary N) is 1. The molecule has 2 rings (SSSR count). The number of hydrazine groups is 1. The molecule has 3 heteroatoms. The van der Waals surface area contributed by atoms with Crippen molar-refractivity contribution in [3.63, 3.8) is 0 Å². The molecule has 0 saturated heterocycles. The second kappa shape index (κ2) is 6.64. The van der Waals surface area contributed by atoms with E-state index in [1.54, 1.807) is 12.1 Å². The van der Waals surface area contributed by atoms with Crippen LogP contribution in [0.15, 0.2) is 42.5 Å². The number of benzene rings is 2. The first-order valence-electron chi connectivity index (χ1n) is 6.94. The van der Waals surface area contributed by atoms with Gasteiger partial charge in [-0.2, -0.15) is 0 Å². The predicted molar refractivity (Wildman–Crippen MR) is 80.7 cm³/mol. The lowest BCUT2D eigenvalue weighted by atomic mass is 9.95. The van der Waals surface area contributed by atoms with Crippen molar-refractivity contribution < 1.29 is 4.39 Å². The van der Waals surface area contributed by atoms with E-state index in [-0.39, 0.29) is 11.9 Å². The Labute approximate surface area is 119 Å². The summed E-state index contributed by atoms with van der Waals surface area (Å²) in [5.74, 6) is 5.43. The van der Waals surface area contributed by atoms with E-state index in [2.05, 4.69) is 36.6 Å². The molecule has 2 aromatic rings. The Morgan fingerprint density at radius 2 is 1.75 bits per heavy atom. The molecule has 0 spiro atoms. The average Bonchev–Trinajstić information content (AvgIpc) is 2.48. The van der Waals surface area contributed by atoms with Gasteiger partial charge in [-0.15, -0.1) is 0 Å². The van der Waals surface area contributed by atoms with Crippen LogP contribution in [0.25, 0.3) is 0 Å². The van der Waals surface area contributed by atoms with Crippen molar-refractivity contribution in [3.05, 3.63) is 70.5 Å². The van der Waals surface area contributed by atoms with Crippen LogP contribution in [-0.4, -0.2) is 0 Å². The summed E-state index contributed by atoms with van der Waals surface area (Å²) in [5, 5.41) is 0. The minimum Gasteiger partial charge on any atom is -0.271 e. The van der Waals surface area contributed by atoms with E-state index in [0.717, 1.165) is 24.0 Å². The third kappa shape index (κ3) is 3.44. The Morgan fingerprint density at radius 3 is 2.35 bits per heavy atom. The van der Waals surface area contributed by atoms with Gasteiger partial charge in [0.1, 0.15) is 5.82 Å². The highest BCUT2D eigenvalue weighted by Crippen LogP contribution is 2.22. The molecular formula is C17H21FN2. The van der Waals surface area contributed by atoms with Gasteiger partial charge in [0.05, 0.1) is 6.04 Å². The molecule has 20 heavy (non-hydrogen) atoms. The molecule has 1 unspecified atom stereocenters. The van der Waals surface area contributed by atoms with E-state index in [4.69, 9.17) is 5.84 Å². The molecule has 3 N–H and O–H groups in total. The lowest BCUT2D eigenvalue weighted by Crippen LogP contribution is -2.30. The summed E-state index contributed by atoms with van der Waals surface area (Å²) >= 11 is 0. The van der Waals surface area contributed by atoms with Crippen molar-refractivity contribution in [3.8, 4) is 0 Å². The van der Waals surface area contributed by atoms with Gasteiger partial charge in [-0.05, 0) is 54.2 Å². The molecule has 0 saturated carbocycles. The van der Waals surface area contributed by atoms with Crippen LogP contribution in [0.5, 0.6) is 0 Å². The van der Waals surface area contributed by atoms with E-state index in [9.17, 15) is 4.39 Å². The molecule has 0 aliphatic carbocycles. The molecular weight excluding hydrogens is 251 g/mol. The first-order valence-corrected chi connectivity index (χ1v) is 6.94. The smallest absolute Gasteiger partial charge is 0.123 e. The Kier molecular flexibility index (Phi) is 4.88. The minimum atomic E-state index is -0.229. The summed E-state index contributed by atoms with van der Waals surface area (Å²) in [5.41, 5.74) is 7.25. The van der Waals surface area contributed by atoms with Crippen LogP contribution in [0, 0.1) is 12.7 Å². The van der Waals surface area contributed by atoms with Crippen LogP contribution in [0.1, 0.15) is 35.2 Å². The summed E-state index contributed by atoms with van der Waals surface area (Å²) in [6.07, 6.45) is 1.77. The number of halogens is 1. The van der Waals surface area contributed by atoms with Crippen molar-refractivity contribution in [2.24, 2.45) is 5.84 Å².